The lowest BCUT2D eigenvalue weighted by Crippen LogP contribution is -2.01. The van der Waals surface area contributed by atoms with Crippen molar-refractivity contribution in [1.82, 2.24) is 14.8 Å². The minimum Gasteiger partial charge on any atom is -0.288 e. The minimum absolute atomic E-state index is 0.0487. The van der Waals surface area contributed by atoms with E-state index in [1.807, 2.05) is 24.3 Å². The number of hydrogen-bond acceptors (Lipinski definition) is 3. The fourth-order valence-electron chi connectivity index (χ4n) is 1.99. The highest BCUT2D eigenvalue weighted by Gasteiger charge is 2.14. The molecule has 0 saturated carbocycles. The van der Waals surface area contributed by atoms with E-state index in [-0.39, 0.29) is 5.78 Å². The number of aromatic nitrogens is 3. The average Bonchev–Trinajstić information content (AvgIpc) is 2.84. The van der Waals surface area contributed by atoms with Crippen LogP contribution >= 0.6 is 0 Å². The maximum absolute atomic E-state index is 12.4. The smallest absolute Gasteiger partial charge is 0.198 e. The SMILES string of the molecule is Cn1cc(C(=O)c2cncc3ccccc23)cn1. The molecule has 4 nitrogen and oxygen atoms in total. The van der Waals surface area contributed by atoms with Crippen molar-refractivity contribution in [3.05, 3.63) is 60.2 Å². The van der Waals surface area contributed by atoms with Crippen LogP contribution in [0.2, 0.25) is 0 Å². The Bertz CT molecular complexity index is 725. The van der Waals surface area contributed by atoms with E-state index in [2.05, 4.69) is 10.1 Å². The van der Waals surface area contributed by atoms with Crippen molar-refractivity contribution in [1.29, 1.82) is 0 Å². The van der Waals surface area contributed by atoms with Crippen LogP contribution in [0.1, 0.15) is 15.9 Å². The molecule has 0 bridgehead atoms. The number of hydrogen-bond donors (Lipinski definition) is 0. The van der Waals surface area contributed by atoms with Crippen molar-refractivity contribution in [3.63, 3.8) is 0 Å². The fourth-order valence-corrected chi connectivity index (χ4v) is 1.99. The van der Waals surface area contributed by atoms with Crippen LogP contribution in [0.15, 0.2) is 49.1 Å². The van der Waals surface area contributed by atoms with Gasteiger partial charge < -0.3 is 0 Å². The van der Waals surface area contributed by atoms with E-state index in [9.17, 15) is 4.79 Å². The number of rotatable bonds is 2. The maximum atomic E-state index is 12.4. The zero-order chi connectivity index (χ0) is 12.5. The number of benzene rings is 1. The maximum Gasteiger partial charge on any atom is 0.198 e. The molecule has 18 heavy (non-hydrogen) atoms. The summed E-state index contributed by atoms with van der Waals surface area (Å²) < 4.78 is 1.62. The standard InChI is InChI=1S/C14H11N3O/c1-17-9-11(7-16-17)14(18)13-8-15-6-10-4-2-3-5-12(10)13/h2-9H,1H3. The lowest BCUT2D eigenvalue weighted by molar-refractivity contribution is 0.104. The molecular weight excluding hydrogens is 226 g/mol. The molecule has 0 saturated heterocycles. The molecule has 0 amide bonds. The number of pyridine rings is 1. The first-order valence-corrected chi connectivity index (χ1v) is 5.62. The second kappa shape index (κ2) is 4.07. The molecule has 0 radical (unpaired) electrons. The Morgan fingerprint density at radius 2 is 2.00 bits per heavy atom. The Kier molecular flexibility index (Phi) is 2.41. The van der Waals surface area contributed by atoms with E-state index < -0.39 is 0 Å². The number of fused-ring (bicyclic) bond motifs is 1. The van der Waals surface area contributed by atoms with E-state index in [0.29, 0.717) is 11.1 Å². The van der Waals surface area contributed by atoms with Gasteiger partial charge in [-0.3, -0.25) is 14.5 Å². The van der Waals surface area contributed by atoms with Crippen molar-refractivity contribution in [2.24, 2.45) is 7.05 Å². The van der Waals surface area contributed by atoms with Gasteiger partial charge in [-0.25, -0.2) is 0 Å². The molecule has 3 aromatic rings. The predicted molar refractivity (Wildman–Crippen MR) is 68.4 cm³/mol. The monoisotopic (exact) mass is 237 g/mol. The molecule has 0 atom stereocenters. The Balaban J connectivity index is 2.17. The Morgan fingerprint density at radius 1 is 1.17 bits per heavy atom. The highest BCUT2D eigenvalue weighted by Crippen LogP contribution is 2.19. The summed E-state index contributed by atoms with van der Waals surface area (Å²) in [5.41, 5.74) is 1.19. The topological polar surface area (TPSA) is 47.8 Å². The van der Waals surface area contributed by atoms with Crippen LogP contribution < -0.4 is 0 Å². The van der Waals surface area contributed by atoms with Gasteiger partial charge in [-0.15, -0.1) is 0 Å². The van der Waals surface area contributed by atoms with Gasteiger partial charge in [0.05, 0.1) is 11.8 Å². The third-order valence-electron chi connectivity index (χ3n) is 2.88. The molecule has 4 heteroatoms. The van der Waals surface area contributed by atoms with E-state index in [0.717, 1.165) is 10.8 Å². The van der Waals surface area contributed by atoms with Gasteiger partial charge in [0.15, 0.2) is 5.78 Å². The van der Waals surface area contributed by atoms with Crippen LogP contribution in [0.5, 0.6) is 0 Å². The molecule has 2 aromatic heterocycles. The fraction of sp³-hybridized carbons (Fsp3) is 0.0714. The summed E-state index contributed by atoms with van der Waals surface area (Å²) in [7, 11) is 1.79. The minimum atomic E-state index is -0.0487. The zero-order valence-electron chi connectivity index (χ0n) is 9.87. The Morgan fingerprint density at radius 3 is 2.78 bits per heavy atom. The summed E-state index contributed by atoms with van der Waals surface area (Å²) in [5.74, 6) is -0.0487. The Labute approximate surface area is 104 Å². The van der Waals surface area contributed by atoms with Crippen LogP contribution in [0.4, 0.5) is 0 Å². The average molecular weight is 237 g/mol. The summed E-state index contributed by atoms with van der Waals surface area (Å²) in [5, 5.41) is 5.90. The number of aryl methyl sites for hydroxylation is 1. The van der Waals surface area contributed by atoms with E-state index in [1.165, 1.54) is 0 Å². The van der Waals surface area contributed by atoms with Gasteiger partial charge in [0.2, 0.25) is 0 Å². The summed E-state index contributed by atoms with van der Waals surface area (Å²) >= 11 is 0. The van der Waals surface area contributed by atoms with Crippen LogP contribution in [0.3, 0.4) is 0 Å². The van der Waals surface area contributed by atoms with Crippen LogP contribution in [0, 0.1) is 0 Å². The molecule has 88 valence electrons. The third kappa shape index (κ3) is 1.68. The number of carbonyl (C=O) groups excluding carboxylic acids is 1. The summed E-state index contributed by atoms with van der Waals surface area (Å²) in [6.07, 6.45) is 6.65. The molecule has 0 fully saturated rings. The summed E-state index contributed by atoms with van der Waals surface area (Å²) in [4.78, 5) is 16.5. The molecule has 0 unspecified atom stereocenters. The number of carbonyl (C=O) groups is 1. The van der Waals surface area contributed by atoms with Gasteiger partial charge in [0.1, 0.15) is 0 Å². The van der Waals surface area contributed by atoms with Crippen molar-refractivity contribution < 1.29 is 4.79 Å². The van der Waals surface area contributed by atoms with Gasteiger partial charge >= 0.3 is 0 Å². The lowest BCUT2D eigenvalue weighted by atomic mass is 10.0. The first-order chi connectivity index (χ1) is 8.75. The molecule has 0 aliphatic carbocycles. The van der Waals surface area contributed by atoms with Crippen molar-refractivity contribution >= 4 is 16.6 Å². The normalized spacial score (nSPS) is 10.7. The number of nitrogens with zero attached hydrogens (tertiary/aromatic N) is 3. The summed E-state index contributed by atoms with van der Waals surface area (Å²) in [6, 6.07) is 7.73. The van der Waals surface area contributed by atoms with Gasteiger partial charge in [0, 0.05) is 36.6 Å². The van der Waals surface area contributed by atoms with Crippen molar-refractivity contribution in [2.75, 3.05) is 0 Å². The number of ketones is 1. The van der Waals surface area contributed by atoms with Gasteiger partial charge in [0.25, 0.3) is 0 Å². The molecule has 3 rings (SSSR count). The second-order valence-corrected chi connectivity index (χ2v) is 4.14. The molecular formula is C14H11N3O. The third-order valence-corrected chi connectivity index (χ3v) is 2.88. The largest absolute Gasteiger partial charge is 0.288 e. The van der Waals surface area contributed by atoms with Crippen molar-refractivity contribution in [3.8, 4) is 0 Å². The quantitative estimate of drug-likeness (QED) is 0.642. The van der Waals surface area contributed by atoms with E-state index in [1.54, 1.807) is 36.5 Å². The van der Waals surface area contributed by atoms with Gasteiger partial charge in [-0.2, -0.15) is 5.10 Å². The highest BCUT2D eigenvalue weighted by atomic mass is 16.1. The second-order valence-electron chi connectivity index (χ2n) is 4.14. The van der Waals surface area contributed by atoms with E-state index >= 15 is 0 Å². The molecule has 0 spiro atoms. The van der Waals surface area contributed by atoms with Crippen LogP contribution in [-0.4, -0.2) is 20.5 Å². The Hall–Kier alpha value is -2.49. The molecule has 0 N–H and O–H groups in total. The predicted octanol–water partition coefficient (Wildman–Crippen LogP) is 2.20. The zero-order valence-corrected chi connectivity index (χ0v) is 9.87. The molecule has 2 heterocycles. The van der Waals surface area contributed by atoms with Crippen LogP contribution in [-0.2, 0) is 7.05 Å². The molecule has 1 aromatic carbocycles. The molecule has 0 aliphatic rings. The molecule has 0 aliphatic heterocycles. The highest BCUT2D eigenvalue weighted by molar-refractivity contribution is 6.15. The first-order valence-electron chi connectivity index (χ1n) is 5.62. The van der Waals surface area contributed by atoms with Crippen molar-refractivity contribution in [2.45, 2.75) is 0 Å². The first kappa shape index (κ1) is 10.7. The van der Waals surface area contributed by atoms with Gasteiger partial charge in [-0.1, -0.05) is 24.3 Å². The van der Waals surface area contributed by atoms with Gasteiger partial charge in [-0.05, 0) is 5.39 Å². The lowest BCUT2D eigenvalue weighted by Gasteiger charge is -2.03. The van der Waals surface area contributed by atoms with Crippen LogP contribution in [0.25, 0.3) is 10.8 Å². The summed E-state index contributed by atoms with van der Waals surface area (Å²) in [6.45, 7) is 0. The van der Waals surface area contributed by atoms with E-state index in [4.69, 9.17) is 0 Å².